The highest BCUT2D eigenvalue weighted by atomic mass is 19.4. The van der Waals surface area contributed by atoms with Gasteiger partial charge in [-0.25, -0.2) is 9.07 Å². The lowest BCUT2D eigenvalue weighted by Crippen LogP contribution is -2.27. The molecule has 1 N–H and O–H groups in total. The predicted molar refractivity (Wildman–Crippen MR) is 96.0 cm³/mol. The van der Waals surface area contributed by atoms with Crippen LogP contribution in [0.25, 0.3) is 5.69 Å². The molecule has 30 heavy (non-hydrogen) atoms. The van der Waals surface area contributed by atoms with E-state index >= 15 is 0 Å². The molecule has 3 aromatic rings. The minimum atomic E-state index is -4.57. The summed E-state index contributed by atoms with van der Waals surface area (Å²) in [7, 11) is 0. The minimum Gasteiger partial charge on any atom is -0.345 e. The number of nitrogens with zero attached hydrogens (tertiary/aromatic N) is 4. The van der Waals surface area contributed by atoms with Crippen molar-refractivity contribution in [3.05, 3.63) is 76.6 Å². The van der Waals surface area contributed by atoms with Crippen molar-refractivity contribution in [1.82, 2.24) is 20.1 Å². The lowest BCUT2D eigenvalue weighted by atomic mass is 10.1. The number of nitriles is 1. The van der Waals surface area contributed by atoms with Crippen LogP contribution in [0.1, 0.15) is 45.3 Å². The highest BCUT2D eigenvalue weighted by Crippen LogP contribution is 2.32. The van der Waals surface area contributed by atoms with Gasteiger partial charge in [0, 0.05) is 23.5 Å². The number of hydrogen-bond donors (Lipinski definition) is 1. The average molecular weight is 415 g/mol. The number of carbonyl (C=O) groups excluding carboxylic acids is 1. The van der Waals surface area contributed by atoms with Crippen molar-refractivity contribution in [2.45, 2.75) is 25.1 Å². The monoisotopic (exact) mass is 415 g/mol. The maximum Gasteiger partial charge on any atom is 0.433 e. The average Bonchev–Trinajstić information content (AvgIpc) is 3.30. The minimum absolute atomic E-state index is 0.137. The smallest absolute Gasteiger partial charge is 0.345 e. The summed E-state index contributed by atoms with van der Waals surface area (Å²) in [5.74, 6) is -1.20. The van der Waals surface area contributed by atoms with Crippen molar-refractivity contribution in [2.75, 3.05) is 0 Å². The number of hydrogen-bond acceptors (Lipinski definition) is 4. The van der Waals surface area contributed by atoms with E-state index in [4.69, 9.17) is 5.26 Å². The third-order valence-electron chi connectivity index (χ3n) is 4.82. The molecule has 0 aliphatic heterocycles. The van der Waals surface area contributed by atoms with Crippen LogP contribution in [0.4, 0.5) is 17.6 Å². The first kappa shape index (κ1) is 19.6. The quantitative estimate of drug-likeness (QED) is 0.661. The van der Waals surface area contributed by atoms with Crippen LogP contribution in [0.5, 0.6) is 0 Å². The normalized spacial score (nSPS) is 15.5. The first-order valence-electron chi connectivity index (χ1n) is 8.89. The Morgan fingerprint density at radius 3 is 2.80 bits per heavy atom. The van der Waals surface area contributed by atoms with Gasteiger partial charge in [-0.3, -0.25) is 9.78 Å². The van der Waals surface area contributed by atoms with Crippen molar-refractivity contribution in [2.24, 2.45) is 0 Å². The van der Waals surface area contributed by atoms with Gasteiger partial charge < -0.3 is 5.32 Å². The fourth-order valence-corrected chi connectivity index (χ4v) is 3.34. The summed E-state index contributed by atoms with van der Waals surface area (Å²) in [5.41, 5.74) is 0.441. The molecule has 1 amide bonds. The molecule has 4 rings (SSSR count). The van der Waals surface area contributed by atoms with E-state index in [1.165, 1.54) is 22.9 Å². The van der Waals surface area contributed by atoms with Crippen molar-refractivity contribution < 1.29 is 22.4 Å². The molecule has 2 heterocycles. The number of aromatic nitrogens is 3. The number of pyridine rings is 1. The molecule has 1 unspecified atom stereocenters. The Bertz CT molecular complexity index is 1180. The van der Waals surface area contributed by atoms with Crippen LogP contribution in [0.15, 0.2) is 42.7 Å². The topological polar surface area (TPSA) is 83.6 Å². The predicted octanol–water partition coefficient (Wildman–Crippen LogP) is 3.71. The maximum atomic E-state index is 13.5. The van der Waals surface area contributed by atoms with Gasteiger partial charge >= 0.3 is 6.18 Å². The second-order valence-electron chi connectivity index (χ2n) is 6.74. The molecule has 10 heteroatoms. The number of halogens is 4. The van der Waals surface area contributed by atoms with E-state index in [1.54, 1.807) is 12.3 Å². The molecule has 0 saturated carbocycles. The van der Waals surface area contributed by atoms with Crippen LogP contribution in [-0.2, 0) is 12.6 Å². The second-order valence-corrected chi connectivity index (χ2v) is 6.74. The van der Waals surface area contributed by atoms with Gasteiger partial charge in [0.1, 0.15) is 17.6 Å². The van der Waals surface area contributed by atoms with E-state index in [0.717, 1.165) is 18.3 Å². The summed E-state index contributed by atoms with van der Waals surface area (Å²) in [6, 6.07) is 7.08. The Morgan fingerprint density at radius 2 is 2.07 bits per heavy atom. The van der Waals surface area contributed by atoms with Gasteiger partial charge in [0.25, 0.3) is 5.91 Å². The van der Waals surface area contributed by atoms with Gasteiger partial charge in [0.05, 0.1) is 23.0 Å². The summed E-state index contributed by atoms with van der Waals surface area (Å²) in [5, 5.41) is 16.0. The number of amides is 1. The molecule has 0 radical (unpaired) electrons. The molecular weight excluding hydrogens is 402 g/mol. The molecule has 6 nitrogen and oxygen atoms in total. The van der Waals surface area contributed by atoms with Gasteiger partial charge in [0.2, 0.25) is 0 Å². The van der Waals surface area contributed by atoms with Crippen LogP contribution in [0, 0.1) is 17.1 Å². The Kier molecular flexibility index (Phi) is 4.73. The Balaban J connectivity index is 1.57. The van der Waals surface area contributed by atoms with Crippen molar-refractivity contribution in [1.29, 1.82) is 5.26 Å². The molecule has 0 fully saturated rings. The largest absolute Gasteiger partial charge is 0.433 e. The van der Waals surface area contributed by atoms with E-state index in [9.17, 15) is 22.4 Å². The fourth-order valence-electron chi connectivity index (χ4n) is 3.34. The molecular formula is C20H13F4N5O. The van der Waals surface area contributed by atoms with Crippen LogP contribution < -0.4 is 5.32 Å². The van der Waals surface area contributed by atoms with Crippen molar-refractivity contribution in [3.63, 3.8) is 0 Å². The fraction of sp³-hybridized carbons (Fsp3) is 0.200. The van der Waals surface area contributed by atoms with Gasteiger partial charge in [-0.1, -0.05) is 0 Å². The molecule has 1 aliphatic rings. The zero-order valence-electron chi connectivity index (χ0n) is 15.2. The van der Waals surface area contributed by atoms with Crippen LogP contribution in [0.2, 0.25) is 0 Å². The van der Waals surface area contributed by atoms with E-state index in [2.05, 4.69) is 15.4 Å². The number of aryl methyl sites for hydroxylation is 1. The number of rotatable bonds is 3. The summed E-state index contributed by atoms with van der Waals surface area (Å²) >= 11 is 0. The lowest BCUT2D eigenvalue weighted by Gasteiger charge is -2.13. The standard InChI is InChI=1S/C20H13F4N5O/c21-15-2-1-11(7-12(15)9-25)19(30)27-16-3-4-17-14(16)10-29(28-17)13-5-6-26-18(8-13)20(22,23)24/h1-2,5-8,10,16H,3-4H2,(H,27,30). The molecule has 0 bridgehead atoms. The molecule has 1 atom stereocenters. The zero-order chi connectivity index (χ0) is 21.5. The molecule has 2 aromatic heterocycles. The molecule has 0 saturated heterocycles. The first-order chi connectivity index (χ1) is 14.3. The number of carbonyl (C=O) groups is 1. The summed E-state index contributed by atoms with van der Waals surface area (Å²) < 4.78 is 53.5. The third kappa shape index (κ3) is 3.61. The summed E-state index contributed by atoms with van der Waals surface area (Å²) in [4.78, 5) is 15.9. The van der Waals surface area contributed by atoms with Crippen LogP contribution >= 0.6 is 0 Å². The number of fused-ring (bicyclic) bond motifs is 1. The Hall–Kier alpha value is -3.74. The molecule has 1 aliphatic carbocycles. The summed E-state index contributed by atoms with van der Waals surface area (Å²) in [6.07, 6.45) is -0.822. The highest BCUT2D eigenvalue weighted by molar-refractivity contribution is 5.94. The highest BCUT2D eigenvalue weighted by Gasteiger charge is 2.33. The lowest BCUT2D eigenvalue weighted by molar-refractivity contribution is -0.141. The van der Waals surface area contributed by atoms with Gasteiger partial charge in [0.15, 0.2) is 0 Å². The van der Waals surface area contributed by atoms with Gasteiger partial charge in [-0.15, -0.1) is 0 Å². The SMILES string of the molecule is N#Cc1cc(C(=O)NC2CCc3nn(-c4ccnc(C(F)(F)F)c4)cc32)ccc1F. The van der Waals surface area contributed by atoms with E-state index < -0.39 is 29.6 Å². The van der Waals surface area contributed by atoms with Crippen molar-refractivity contribution in [3.8, 4) is 11.8 Å². The van der Waals surface area contributed by atoms with Gasteiger partial charge in [-0.2, -0.15) is 23.5 Å². The second kappa shape index (κ2) is 7.26. The number of benzene rings is 1. The Morgan fingerprint density at radius 1 is 1.27 bits per heavy atom. The van der Waals surface area contributed by atoms with Gasteiger partial charge in [-0.05, 0) is 43.2 Å². The Labute approximate surface area is 167 Å². The first-order valence-corrected chi connectivity index (χ1v) is 8.89. The maximum absolute atomic E-state index is 13.5. The molecule has 152 valence electrons. The number of nitrogens with one attached hydrogen (secondary N) is 1. The van der Waals surface area contributed by atoms with Crippen molar-refractivity contribution >= 4 is 5.91 Å². The summed E-state index contributed by atoms with van der Waals surface area (Å²) in [6.45, 7) is 0. The number of alkyl halides is 3. The molecule has 0 spiro atoms. The van der Waals surface area contributed by atoms with E-state index in [1.807, 2.05) is 0 Å². The van der Waals surface area contributed by atoms with E-state index in [0.29, 0.717) is 24.1 Å². The zero-order valence-corrected chi connectivity index (χ0v) is 15.2. The molecule has 1 aromatic carbocycles. The van der Waals surface area contributed by atoms with Crippen LogP contribution in [0.3, 0.4) is 0 Å². The van der Waals surface area contributed by atoms with E-state index in [-0.39, 0.29) is 16.8 Å². The third-order valence-corrected chi connectivity index (χ3v) is 4.82. The van der Waals surface area contributed by atoms with Crippen LogP contribution in [-0.4, -0.2) is 20.7 Å².